The molecule has 3 atom stereocenters. The Morgan fingerprint density at radius 3 is 2.31 bits per heavy atom. The molecule has 13 heavy (non-hydrogen) atoms. The average molecular weight is 178 g/mol. The number of nitrogens with two attached hydrogens (primary N) is 1. The number of nitriles is 1. The molecule has 0 amide bonds. The Labute approximate surface area is 80.1 Å². The van der Waals surface area contributed by atoms with Crippen molar-refractivity contribution in [3.8, 4) is 6.07 Å². The van der Waals surface area contributed by atoms with Gasteiger partial charge < -0.3 is 5.73 Å². The van der Waals surface area contributed by atoms with Crippen LogP contribution in [0.3, 0.4) is 0 Å². The van der Waals surface area contributed by atoms with Gasteiger partial charge in [0.05, 0.1) is 6.07 Å². The van der Waals surface area contributed by atoms with Crippen molar-refractivity contribution in [2.75, 3.05) is 0 Å². The van der Waals surface area contributed by atoms with E-state index < -0.39 is 5.54 Å². The molecule has 0 aliphatic heterocycles. The number of nitrogens with zero attached hydrogens (tertiary/aromatic N) is 1. The highest BCUT2D eigenvalue weighted by molar-refractivity contribution is 5.29. The predicted octanol–water partition coefficient (Wildman–Crippen LogP) is 2.05. The Morgan fingerprint density at radius 2 is 2.00 bits per heavy atom. The molecule has 0 spiro atoms. The second kappa shape index (κ2) is 2.09. The zero-order valence-corrected chi connectivity index (χ0v) is 8.72. The zero-order chi connectivity index (χ0) is 9.91. The molecule has 2 rings (SSSR count). The van der Waals surface area contributed by atoms with Crippen LogP contribution in [-0.2, 0) is 0 Å². The smallest absolute Gasteiger partial charge is 0.115 e. The molecule has 0 aromatic rings. The normalized spacial score (nSPS) is 52.1. The Bertz CT molecular complexity index is 282. The van der Waals surface area contributed by atoms with E-state index in [0.29, 0.717) is 5.92 Å². The molecule has 0 aromatic heterocycles. The van der Waals surface area contributed by atoms with Crippen LogP contribution in [0.1, 0.15) is 40.0 Å². The van der Waals surface area contributed by atoms with E-state index in [1.54, 1.807) is 0 Å². The fourth-order valence-electron chi connectivity index (χ4n) is 3.59. The van der Waals surface area contributed by atoms with Crippen LogP contribution in [0.15, 0.2) is 0 Å². The fraction of sp³-hybridized carbons (Fsp3) is 0.909. The molecule has 2 fully saturated rings. The summed E-state index contributed by atoms with van der Waals surface area (Å²) in [5.41, 5.74) is 5.75. The largest absolute Gasteiger partial charge is 0.312 e. The molecule has 3 unspecified atom stereocenters. The summed E-state index contributed by atoms with van der Waals surface area (Å²) >= 11 is 0. The molecule has 0 heterocycles. The van der Waals surface area contributed by atoms with E-state index in [9.17, 15) is 5.26 Å². The van der Waals surface area contributed by atoms with E-state index in [-0.39, 0.29) is 10.8 Å². The van der Waals surface area contributed by atoms with Gasteiger partial charge in [-0.3, -0.25) is 0 Å². The first-order chi connectivity index (χ1) is 5.87. The molecule has 0 radical (unpaired) electrons. The van der Waals surface area contributed by atoms with Crippen LogP contribution in [0, 0.1) is 28.1 Å². The van der Waals surface area contributed by atoms with Gasteiger partial charge >= 0.3 is 0 Å². The molecule has 2 N–H and O–H groups in total. The Hall–Kier alpha value is -0.550. The molecule has 2 saturated carbocycles. The molecule has 2 aliphatic rings. The lowest BCUT2D eigenvalue weighted by Gasteiger charge is -2.46. The lowest BCUT2D eigenvalue weighted by Crippen LogP contribution is -2.59. The maximum atomic E-state index is 9.27. The maximum absolute atomic E-state index is 9.27. The minimum Gasteiger partial charge on any atom is -0.312 e. The van der Waals surface area contributed by atoms with Crippen molar-refractivity contribution in [1.82, 2.24) is 0 Å². The first-order valence-electron chi connectivity index (χ1n) is 5.07. The summed E-state index contributed by atoms with van der Waals surface area (Å²) in [7, 11) is 0. The van der Waals surface area contributed by atoms with E-state index in [0.717, 1.165) is 12.8 Å². The summed E-state index contributed by atoms with van der Waals surface area (Å²) in [6.45, 7) is 6.50. The molecule has 2 heteroatoms. The van der Waals surface area contributed by atoms with Gasteiger partial charge in [-0.05, 0) is 36.0 Å². The van der Waals surface area contributed by atoms with Gasteiger partial charge in [0.25, 0.3) is 0 Å². The summed E-state index contributed by atoms with van der Waals surface area (Å²) in [6, 6.07) is 2.38. The van der Waals surface area contributed by atoms with Crippen LogP contribution in [0.2, 0.25) is 0 Å². The summed E-state index contributed by atoms with van der Waals surface area (Å²) in [4.78, 5) is 0. The standard InChI is InChI=1S/C11H18N2/c1-9(2)8-4-5-10(3,6-8)11(9,13)7-12/h8H,4-6,13H2,1-3H3. The van der Waals surface area contributed by atoms with E-state index >= 15 is 0 Å². The van der Waals surface area contributed by atoms with Gasteiger partial charge in [0, 0.05) is 0 Å². The predicted molar refractivity (Wildman–Crippen MR) is 51.8 cm³/mol. The van der Waals surface area contributed by atoms with Gasteiger partial charge in [-0.15, -0.1) is 0 Å². The number of hydrogen-bond donors (Lipinski definition) is 1. The van der Waals surface area contributed by atoms with Crippen molar-refractivity contribution in [3.05, 3.63) is 0 Å². The van der Waals surface area contributed by atoms with E-state index in [2.05, 4.69) is 26.8 Å². The van der Waals surface area contributed by atoms with Gasteiger partial charge in [0.1, 0.15) is 5.54 Å². The second-order valence-electron chi connectivity index (χ2n) is 5.64. The molecule has 2 aliphatic carbocycles. The minimum atomic E-state index is -0.608. The van der Waals surface area contributed by atoms with Crippen LogP contribution in [0.5, 0.6) is 0 Å². The second-order valence-corrected chi connectivity index (χ2v) is 5.64. The highest BCUT2D eigenvalue weighted by Crippen LogP contribution is 2.66. The van der Waals surface area contributed by atoms with Crippen LogP contribution < -0.4 is 5.73 Å². The first kappa shape index (κ1) is 9.02. The quantitative estimate of drug-likeness (QED) is 0.617. The van der Waals surface area contributed by atoms with E-state index in [1.165, 1.54) is 6.42 Å². The van der Waals surface area contributed by atoms with Crippen LogP contribution in [0.25, 0.3) is 0 Å². The molecule has 72 valence electrons. The van der Waals surface area contributed by atoms with Crippen molar-refractivity contribution in [2.24, 2.45) is 22.5 Å². The third kappa shape index (κ3) is 0.729. The molecule has 2 bridgehead atoms. The fourth-order valence-corrected chi connectivity index (χ4v) is 3.59. The Morgan fingerprint density at radius 1 is 1.38 bits per heavy atom. The van der Waals surface area contributed by atoms with Crippen molar-refractivity contribution in [2.45, 2.75) is 45.6 Å². The summed E-state index contributed by atoms with van der Waals surface area (Å²) in [5.74, 6) is 0.655. The molecular weight excluding hydrogens is 160 g/mol. The van der Waals surface area contributed by atoms with Gasteiger partial charge in [0.15, 0.2) is 0 Å². The first-order valence-corrected chi connectivity index (χ1v) is 5.07. The third-order valence-electron chi connectivity index (χ3n) is 4.91. The van der Waals surface area contributed by atoms with E-state index in [4.69, 9.17) is 5.73 Å². The monoisotopic (exact) mass is 178 g/mol. The van der Waals surface area contributed by atoms with Crippen molar-refractivity contribution in [3.63, 3.8) is 0 Å². The summed E-state index contributed by atoms with van der Waals surface area (Å²) < 4.78 is 0. The van der Waals surface area contributed by atoms with Crippen LogP contribution in [-0.4, -0.2) is 5.54 Å². The van der Waals surface area contributed by atoms with Crippen molar-refractivity contribution < 1.29 is 0 Å². The summed E-state index contributed by atoms with van der Waals surface area (Å²) in [6.07, 6.45) is 3.53. The van der Waals surface area contributed by atoms with Gasteiger partial charge in [-0.1, -0.05) is 20.8 Å². The van der Waals surface area contributed by atoms with Gasteiger partial charge in [-0.25, -0.2) is 0 Å². The number of fused-ring (bicyclic) bond motifs is 2. The van der Waals surface area contributed by atoms with Crippen LogP contribution >= 0.6 is 0 Å². The lowest BCUT2D eigenvalue weighted by atomic mass is 9.59. The Balaban J connectivity index is 2.53. The van der Waals surface area contributed by atoms with Gasteiger partial charge in [-0.2, -0.15) is 5.26 Å². The summed E-state index contributed by atoms with van der Waals surface area (Å²) in [5, 5.41) is 9.27. The zero-order valence-electron chi connectivity index (χ0n) is 8.72. The molecular formula is C11H18N2. The van der Waals surface area contributed by atoms with Crippen LogP contribution in [0.4, 0.5) is 0 Å². The third-order valence-corrected chi connectivity index (χ3v) is 4.91. The SMILES string of the molecule is CC12CCC(C1)C(C)(C)C2(N)C#N. The van der Waals surface area contributed by atoms with Crippen molar-refractivity contribution in [1.29, 1.82) is 5.26 Å². The topological polar surface area (TPSA) is 49.8 Å². The highest BCUT2D eigenvalue weighted by Gasteiger charge is 2.67. The molecule has 0 aromatic carbocycles. The van der Waals surface area contributed by atoms with Gasteiger partial charge in [0.2, 0.25) is 0 Å². The average Bonchev–Trinajstić information content (AvgIpc) is 2.51. The number of hydrogen-bond acceptors (Lipinski definition) is 2. The Kier molecular flexibility index (Phi) is 1.45. The molecule has 0 saturated heterocycles. The van der Waals surface area contributed by atoms with E-state index in [1.807, 2.05) is 0 Å². The lowest BCUT2D eigenvalue weighted by molar-refractivity contribution is 0.0847. The maximum Gasteiger partial charge on any atom is 0.115 e. The highest BCUT2D eigenvalue weighted by atomic mass is 14.9. The van der Waals surface area contributed by atoms with Crippen molar-refractivity contribution >= 4 is 0 Å². The molecule has 2 nitrogen and oxygen atoms in total. The minimum absolute atomic E-state index is 0.00521. The number of rotatable bonds is 0.